The van der Waals surface area contributed by atoms with Crippen molar-refractivity contribution in [2.24, 2.45) is 0 Å². The van der Waals surface area contributed by atoms with Crippen LogP contribution in [-0.4, -0.2) is 72.6 Å². The van der Waals surface area contributed by atoms with Gasteiger partial charge in [-0.3, -0.25) is 4.90 Å². The van der Waals surface area contributed by atoms with E-state index in [9.17, 15) is 9.50 Å². The summed E-state index contributed by atoms with van der Waals surface area (Å²) < 4.78 is 25.0. The number of halogens is 1. The molecule has 1 aromatic heterocycles. The minimum Gasteiger partial charge on any atom is -0.491 e. The first kappa shape index (κ1) is 26.3. The predicted octanol–water partition coefficient (Wildman–Crippen LogP) is 4.16. The fourth-order valence-corrected chi connectivity index (χ4v) is 3.83. The van der Waals surface area contributed by atoms with E-state index >= 15 is 0 Å². The van der Waals surface area contributed by atoms with Gasteiger partial charge in [-0.05, 0) is 48.9 Å². The summed E-state index contributed by atoms with van der Waals surface area (Å²) in [5.74, 6) is 0.505. The van der Waals surface area contributed by atoms with E-state index in [1.54, 1.807) is 7.11 Å². The molecule has 2 aromatic carbocycles. The minimum atomic E-state index is -0.555. The van der Waals surface area contributed by atoms with Gasteiger partial charge in [0, 0.05) is 50.4 Å². The highest BCUT2D eigenvalue weighted by Gasteiger charge is 2.18. The van der Waals surface area contributed by atoms with Crippen LogP contribution in [0, 0.1) is 5.82 Å². The van der Waals surface area contributed by atoms with Crippen molar-refractivity contribution in [3.8, 4) is 5.75 Å². The molecule has 1 atom stereocenters. The molecule has 1 saturated heterocycles. The highest BCUT2D eigenvalue weighted by Crippen LogP contribution is 2.23. The molecule has 0 radical (unpaired) electrons. The van der Waals surface area contributed by atoms with Crippen LogP contribution in [0.5, 0.6) is 5.75 Å². The van der Waals surface area contributed by atoms with Gasteiger partial charge in [0.1, 0.15) is 12.4 Å². The van der Waals surface area contributed by atoms with Crippen LogP contribution in [0.3, 0.4) is 0 Å². The van der Waals surface area contributed by atoms with E-state index in [0.717, 1.165) is 49.4 Å². The molecule has 1 aliphatic rings. The van der Waals surface area contributed by atoms with Gasteiger partial charge in [-0.2, -0.15) is 4.98 Å². The molecule has 0 bridgehead atoms. The molecule has 0 aliphatic carbocycles. The number of hydrogen-bond acceptors (Lipinski definition) is 9. The Morgan fingerprint density at radius 3 is 2.70 bits per heavy atom. The van der Waals surface area contributed by atoms with Crippen LogP contribution in [0.1, 0.15) is 6.42 Å². The van der Waals surface area contributed by atoms with Gasteiger partial charge in [0.2, 0.25) is 5.95 Å². The Kier molecular flexibility index (Phi) is 9.64. The van der Waals surface area contributed by atoms with E-state index in [-0.39, 0.29) is 17.9 Å². The fourth-order valence-electron chi connectivity index (χ4n) is 3.83. The van der Waals surface area contributed by atoms with E-state index in [1.807, 2.05) is 48.5 Å². The summed E-state index contributed by atoms with van der Waals surface area (Å²) >= 11 is 0. The second-order valence-corrected chi connectivity index (χ2v) is 8.64. The Balaban J connectivity index is 1.30. The number of aliphatic hydroxyl groups is 1. The van der Waals surface area contributed by atoms with Gasteiger partial charge in [0.05, 0.1) is 18.9 Å². The molecule has 0 saturated carbocycles. The van der Waals surface area contributed by atoms with Crippen molar-refractivity contribution in [1.82, 2.24) is 14.9 Å². The van der Waals surface area contributed by atoms with Gasteiger partial charge < -0.3 is 30.5 Å². The summed E-state index contributed by atoms with van der Waals surface area (Å²) in [7, 11) is 1.62. The highest BCUT2D eigenvalue weighted by atomic mass is 19.1. The second-order valence-electron chi connectivity index (χ2n) is 8.64. The number of rotatable bonds is 13. The van der Waals surface area contributed by atoms with Crippen LogP contribution in [0.25, 0.3) is 0 Å². The van der Waals surface area contributed by atoms with Crippen molar-refractivity contribution in [3.63, 3.8) is 0 Å². The van der Waals surface area contributed by atoms with E-state index < -0.39 is 5.82 Å². The van der Waals surface area contributed by atoms with Gasteiger partial charge in [-0.15, -0.1) is 0 Å². The quantitative estimate of drug-likeness (QED) is 0.200. The Morgan fingerprint density at radius 2 is 1.92 bits per heavy atom. The Morgan fingerprint density at radius 1 is 1.08 bits per heavy atom. The molecule has 3 aromatic rings. The molecule has 37 heavy (non-hydrogen) atoms. The third-order valence-corrected chi connectivity index (χ3v) is 5.74. The van der Waals surface area contributed by atoms with Gasteiger partial charge >= 0.3 is 0 Å². The maximum absolute atomic E-state index is 14.4. The van der Waals surface area contributed by atoms with E-state index in [0.29, 0.717) is 25.4 Å². The molecule has 0 unspecified atom stereocenters. The maximum Gasteiger partial charge on any atom is 0.229 e. The molecule has 4 rings (SSSR count). The monoisotopic (exact) mass is 508 g/mol. The summed E-state index contributed by atoms with van der Waals surface area (Å²) in [4.78, 5) is 10.6. The van der Waals surface area contributed by atoms with Crippen LogP contribution < -0.4 is 20.7 Å². The molecule has 10 heteroatoms. The second kappa shape index (κ2) is 13.5. The number of ether oxygens (including phenoxy) is 2. The number of likely N-dealkylation sites (tertiary alicyclic amines) is 1. The summed E-state index contributed by atoms with van der Waals surface area (Å²) in [6.45, 7) is 4.14. The van der Waals surface area contributed by atoms with Gasteiger partial charge in [0.25, 0.3) is 0 Å². The lowest BCUT2D eigenvalue weighted by Crippen LogP contribution is -2.22. The van der Waals surface area contributed by atoms with Crippen molar-refractivity contribution >= 4 is 28.8 Å². The van der Waals surface area contributed by atoms with Crippen molar-refractivity contribution in [2.75, 3.05) is 62.5 Å². The third kappa shape index (κ3) is 8.42. The number of anilines is 5. The predicted molar refractivity (Wildman–Crippen MR) is 144 cm³/mol. The van der Waals surface area contributed by atoms with E-state index in [1.165, 1.54) is 0 Å². The van der Waals surface area contributed by atoms with Crippen molar-refractivity contribution in [2.45, 2.75) is 12.5 Å². The number of nitrogens with zero attached hydrogens (tertiary/aromatic N) is 3. The third-order valence-electron chi connectivity index (χ3n) is 5.74. The van der Waals surface area contributed by atoms with Crippen LogP contribution in [0.15, 0.2) is 66.9 Å². The average Bonchev–Trinajstić information content (AvgIpc) is 3.32. The number of aliphatic hydroxyl groups excluding tert-OH is 1. The number of methoxy groups -OCH3 is 1. The molecule has 196 valence electrons. The average molecular weight is 509 g/mol. The number of aromatic nitrogens is 2. The van der Waals surface area contributed by atoms with Gasteiger partial charge in [-0.1, -0.05) is 18.2 Å². The first-order valence-corrected chi connectivity index (χ1v) is 12.3. The molecule has 4 N–H and O–H groups in total. The van der Waals surface area contributed by atoms with Crippen LogP contribution in [0.2, 0.25) is 0 Å². The number of β-amino-alcohol motifs (C(OH)–C–C–N with tert-alkyl or cyclic N) is 1. The maximum atomic E-state index is 14.4. The lowest BCUT2D eigenvalue weighted by molar-refractivity contribution is 0.146. The van der Waals surface area contributed by atoms with Crippen LogP contribution in [0.4, 0.5) is 33.2 Å². The Labute approximate surface area is 216 Å². The molecule has 1 aliphatic heterocycles. The normalized spacial score (nSPS) is 15.7. The lowest BCUT2D eigenvalue weighted by atomic mass is 10.2. The summed E-state index contributed by atoms with van der Waals surface area (Å²) in [5.41, 5.74) is 2.34. The largest absolute Gasteiger partial charge is 0.491 e. The molecule has 0 spiro atoms. The zero-order valence-electron chi connectivity index (χ0n) is 20.9. The van der Waals surface area contributed by atoms with Gasteiger partial charge in [-0.25, -0.2) is 9.37 Å². The standard InChI is InChI=1S/C27H33FN6O3/c1-36-15-16-37-24-9-7-20(8-10-24)32-27-30-18-25(28)26(33-27)31-22-6-4-5-21(17-22)29-12-2-3-13-34-14-11-23(35)19-34/h2-10,17-18,23,29,35H,11-16,19H2,1H3,(H2,30,31,32,33)/b3-2+/t23-/m0/s1. The highest BCUT2D eigenvalue weighted by molar-refractivity contribution is 5.64. The van der Waals surface area contributed by atoms with Crippen molar-refractivity contribution < 1.29 is 19.0 Å². The molecule has 0 amide bonds. The lowest BCUT2D eigenvalue weighted by Gasteiger charge is -2.12. The number of hydrogen-bond donors (Lipinski definition) is 4. The summed E-state index contributed by atoms with van der Waals surface area (Å²) in [6.07, 6.45) is 5.93. The SMILES string of the molecule is COCCOc1ccc(Nc2ncc(F)c(Nc3cccc(NC/C=C/CN4CC[C@H](O)C4)c3)n2)cc1. The molecular weight excluding hydrogens is 475 g/mol. The molecule has 9 nitrogen and oxygen atoms in total. The van der Waals surface area contributed by atoms with Crippen LogP contribution >= 0.6 is 0 Å². The van der Waals surface area contributed by atoms with Crippen molar-refractivity contribution in [1.29, 1.82) is 0 Å². The first-order valence-electron chi connectivity index (χ1n) is 12.3. The summed E-state index contributed by atoms with van der Waals surface area (Å²) in [6, 6.07) is 14.9. The minimum absolute atomic E-state index is 0.0712. The molecule has 2 heterocycles. The zero-order chi connectivity index (χ0) is 25.9. The fraction of sp³-hybridized carbons (Fsp3) is 0.333. The number of benzene rings is 2. The zero-order valence-corrected chi connectivity index (χ0v) is 20.9. The first-order chi connectivity index (χ1) is 18.1. The van der Waals surface area contributed by atoms with Crippen molar-refractivity contribution in [3.05, 3.63) is 72.7 Å². The van der Waals surface area contributed by atoms with Gasteiger partial charge in [0.15, 0.2) is 11.6 Å². The van der Waals surface area contributed by atoms with E-state index in [2.05, 4.69) is 43.0 Å². The Bertz CT molecular complexity index is 1160. The molecular formula is C27H33FN6O3. The number of nitrogens with one attached hydrogen (secondary N) is 3. The topological polar surface area (TPSA) is 104 Å². The summed E-state index contributed by atoms with van der Waals surface area (Å²) in [5, 5.41) is 19.0. The molecule has 1 fully saturated rings. The smallest absolute Gasteiger partial charge is 0.229 e. The Hall–Kier alpha value is -3.73. The van der Waals surface area contributed by atoms with E-state index in [4.69, 9.17) is 9.47 Å². The van der Waals surface area contributed by atoms with Crippen LogP contribution in [-0.2, 0) is 4.74 Å².